The lowest BCUT2D eigenvalue weighted by atomic mass is 9.80. The molecule has 1 aliphatic rings. The van der Waals surface area contributed by atoms with Gasteiger partial charge >= 0.3 is 5.97 Å². The molecule has 1 aromatic rings. The van der Waals surface area contributed by atoms with Crippen molar-refractivity contribution >= 4 is 11.7 Å². The Morgan fingerprint density at radius 1 is 1.25 bits per heavy atom. The van der Waals surface area contributed by atoms with Gasteiger partial charge in [-0.2, -0.15) is 0 Å². The fourth-order valence-corrected chi connectivity index (χ4v) is 2.70. The van der Waals surface area contributed by atoms with E-state index in [0.717, 1.165) is 25.2 Å². The van der Waals surface area contributed by atoms with E-state index in [2.05, 4.69) is 13.8 Å². The highest BCUT2D eigenvalue weighted by Gasteiger charge is 2.27. The monoisotopic (exact) mass is 277 g/mol. The van der Waals surface area contributed by atoms with Crippen molar-refractivity contribution in [3.05, 3.63) is 23.8 Å². The van der Waals surface area contributed by atoms with Gasteiger partial charge in [0.05, 0.1) is 13.2 Å². The van der Waals surface area contributed by atoms with Crippen LogP contribution in [0.1, 0.15) is 43.5 Å². The fourth-order valence-electron chi connectivity index (χ4n) is 2.70. The van der Waals surface area contributed by atoms with Crippen LogP contribution >= 0.6 is 0 Å². The zero-order valence-corrected chi connectivity index (χ0v) is 12.4. The summed E-state index contributed by atoms with van der Waals surface area (Å²) in [5.41, 5.74) is 6.66. The summed E-state index contributed by atoms with van der Waals surface area (Å²) < 4.78 is 10.8. The molecular weight excluding hydrogens is 254 g/mol. The van der Waals surface area contributed by atoms with Crippen LogP contribution in [-0.2, 0) is 4.74 Å². The van der Waals surface area contributed by atoms with Crippen LogP contribution in [0.4, 0.5) is 5.69 Å². The van der Waals surface area contributed by atoms with Crippen LogP contribution in [0.25, 0.3) is 0 Å². The molecule has 1 aromatic carbocycles. The molecule has 0 radical (unpaired) electrons. The van der Waals surface area contributed by atoms with Crippen LogP contribution in [0, 0.1) is 11.8 Å². The van der Waals surface area contributed by atoms with Crippen molar-refractivity contribution in [2.75, 3.05) is 12.8 Å². The van der Waals surface area contributed by atoms with Gasteiger partial charge in [-0.05, 0) is 49.3 Å². The van der Waals surface area contributed by atoms with Gasteiger partial charge < -0.3 is 15.2 Å². The molecule has 2 rings (SSSR count). The van der Waals surface area contributed by atoms with Gasteiger partial charge in [0.1, 0.15) is 11.3 Å². The fraction of sp³-hybridized carbons (Fsp3) is 0.562. The summed E-state index contributed by atoms with van der Waals surface area (Å²) >= 11 is 0. The number of hydrogen-bond donors (Lipinski definition) is 1. The maximum absolute atomic E-state index is 11.8. The van der Waals surface area contributed by atoms with Crippen LogP contribution in [-0.4, -0.2) is 19.2 Å². The quantitative estimate of drug-likeness (QED) is 0.680. The van der Waals surface area contributed by atoms with E-state index in [1.54, 1.807) is 18.2 Å². The molecule has 1 saturated carbocycles. The number of anilines is 1. The molecule has 0 aromatic heterocycles. The van der Waals surface area contributed by atoms with E-state index in [1.165, 1.54) is 7.11 Å². The second kappa shape index (κ2) is 6.16. The number of nitrogens with two attached hydrogens (primary N) is 1. The average molecular weight is 277 g/mol. The molecule has 20 heavy (non-hydrogen) atoms. The van der Waals surface area contributed by atoms with Crippen LogP contribution in [0.5, 0.6) is 5.75 Å². The van der Waals surface area contributed by atoms with Crippen LogP contribution < -0.4 is 10.5 Å². The van der Waals surface area contributed by atoms with Crippen molar-refractivity contribution in [3.8, 4) is 5.75 Å². The minimum absolute atomic E-state index is 0.160. The van der Waals surface area contributed by atoms with Crippen LogP contribution in [0.3, 0.4) is 0 Å². The maximum atomic E-state index is 11.8. The van der Waals surface area contributed by atoms with Gasteiger partial charge in [-0.15, -0.1) is 0 Å². The highest BCUT2D eigenvalue weighted by molar-refractivity contribution is 5.93. The van der Waals surface area contributed by atoms with Gasteiger partial charge in [-0.1, -0.05) is 13.8 Å². The minimum Gasteiger partial charge on any atom is -0.490 e. The highest BCUT2D eigenvalue weighted by atomic mass is 16.5. The van der Waals surface area contributed by atoms with Gasteiger partial charge in [0.15, 0.2) is 0 Å². The van der Waals surface area contributed by atoms with E-state index in [-0.39, 0.29) is 6.10 Å². The number of esters is 1. The second-order valence-electron chi connectivity index (χ2n) is 5.75. The van der Waals surface area contributed by atoms with Gasteiger partial charge in [0.2, 0.25) is 0 Å². The third kappa shape index (κ3) is 3.24. The summed E-state index contributed by atoms with van der Waals surface area (Å²) in [5.74, 6) is 1.53. The lowest BCUT2D eigenvalue weighted by molar-refractivity contribution is 0.0583. The predicted octanol–water partition coefficient (Wildman–Crippen LogP) is 3.26. The molecule has 3 atom stereocenters. The van der Waals surface area contributed by atoms with Crippen LogP contribution in [0.15, 0.2) is 18.2 Å². The van der Waals surface area contributed by atoms with E-state index in [9.17, 15) is 4.79 Å². The van der Waals surface area contributed by atoms with Crippen LogP contribution in [0.2, 0.25) is 0 Å². The van der Waals surface area contributed by atoms with Crippen molar-refractivity contribution < 1.29 is 14.3 Å². The van der Waals surface area contributed by atoms with Crippen molar-refractivity contribution in [2.24, 2.45) is 11.8 Å². The summed E-state index contributed by atoms with van der Waals surface area (Å²) in [6.07, 6.45) is 3.37. The van der Waals surface area contributed by atoms with Crippen molar-refractivity contribution in [3.63, 3.8) is 0 Å². The predicted molar refractivity (Wildman–Crippen MR) is 78.8 cm³/mol. The first kappa shape index (κ1) is 14.7. The molecule has 1 fully saturated rings. The van der Waals surface area contributed by atoms with Gasteiger partial charge in [-0.3, -0.25) is 0 Å². The van der Waals surface area contributed by atoms with Gasteiger partial charge in [0, 0.05) is 5.69 Å². The zero-order chi connectivity index (χ0) is 14.7. The van der Waals surface area contributed by atoms with E-state index in [4.69, 9.17) is 15.2 Å². The molecule has 0 saturated heterocycles. The number of nitrogen functional groups attached to an aromatic ring is 1. The number of hydrogen-bond acceptors (Lipinski definition) is 4. The number of methoxy groups -OCH3 is 1. The first-order valence-corrected chi connectivity index (χ1v) is 7.15. The summed E-state index contributed by atoms with van der Waals surface area (Å²) in [4.78, 5) is 11.8. The molecule has 4 heteroatoms. The Bertz CT molecular complexity index is 487. The van der Waals surface area contributed by atoms with Gasteiger partial charge in [-0.25, -0.2) is 4.79 Å². The minimum atomic E-state index is -0.412. The number of carbonyl (C=O) groups excluding carboxylic acids is 1. The Balaban J connectivity index is 2.15. The SMILES string of the molecule is COC(=O)c1cc(N)ccc1OC1CCC(C)C(C)C1. The Labute approximate surface area is 120 Å². The third-order valence-electron chi connectivity index (χ3n) is 4.25. The topological polar surface area (TPSA) is 61.5 Å². The van der Waals surface area contributed by atoms with E-state index < -0.39 is 5.97 Å². The first-order valence-electron chi connectivity index (χ1n) is 7.15. The Morgan fingerprint density at radius 2 is 2.00 bits per heavy atom. The first-order chi connectivity index (χ1) is 9.51. The molecule has 4 nitrogen and oxygen atoms in total. The Hall–Kier alpha value is -1.71. The summed E-state index contributed by atoms with van der Waals surface area (Å²) in [5, 5.41) is 0. The molecule has 0 heterocycles. The molecule has 2 N–H and O–H groups in total. The average Bonchev–Trinajstić information content (AvgIpc) is 2.44. The Morgan fingerprint density at radius 3 is 2.65 bits per heavy atom. The van der Waals surface area contributed by atoms with Gasteiger partial charge in [0.25, 0.3) is 0 Å². The van der Waals surface area contributed by atoms with Crippen molar-refractivity contribution in [1.82, 2.24) is 0 Å². The standard InChI is InChI=1S/C16H23NO3/c1-10-4-6-13(8-11(10)2)20-15-7-5-12(17)9-14(15)16(18)19-3/h5,7,9-11,13H,4,6,8,17H2,1-3H3. The molecule has 1 aliphatic carbocycles. The smallest absolute Gasteiger partial charge is 0.341 e. The molecule has 0 bridgehead atoms. The number of benzene rings is 1. The van der Waals surface area contributed by atoms with Crippen molar-refractivity contribution in [2.45, 2.75) is 39.2 Å². The lowest BCUT2D eigenvalue weighted by Crippen LogP contribution is -2.29. The lowest BCUT2D eigenvalue weighted by Gasteiger charge is -2.32. The summed E-state index contributed by atoms with van der Waals surface area (Å²) in [6, 6.07) is 5.11. The van der Waals surface area contributed by atoms with E-state index in [1.807, 2.05) is 0 Å². The highest BCUT2D eigenvalue weighted by Crippen LogP contribution is 2.33. The molecule has 3 unspecified atom stereocenters. The largest absolute Gasteiger partial charge is 0.490 e. The maximum Gasteiger partial charge on any atom is 0.341 e. The third-order valence-corrected chi connectivity index (χ3v) is 4.25. The number of rotatable bonds is 3. The zero-order valence-electron chi connectivity index (χ0n) is 12.4. The second-order valence-corrected chi connectivity index (χ2v) is 5.75. The van der Waals surface area contributed by atoms with Crippen molar-refractivity contribution in [1.29, 1.82) is 0 Å². The molecular formula is C16H23NO3. The summed E-state index contributed by atoms with van der Waals surface area (Å²) in [7, 11) is 1.36. The number of carbonyl (C=O) groups is 1. The number of ether oxygens (including phenoxy) is 2. The Kier molecular flexibility index (Phi) is 4.53. The molecule has 0 aliphatic heterocycles. The molecule has 110 valence electrons. The molecule has 0 amide bonds. The van der Waals surface area contributed by atoms with E-state index in [0.29, 0.717) is 22.9 Å². The molecule has 0 spiro atoms. The summed E-state index contributed by atoms with van der Waals surface area (Å²) in [6.45, 7) is 4.54. The normalized spacial score (nSPS) is 26.1. The van der Waals surface area contributed by atoms with E-state index >= 15 is 0 Å².